The number of carbonyl (C=O) groups excluding carboxylic acids is 1. The van der Waals surface area contributed by atoms with Gasteiger partial charge in [0, 0.05) is 18.9 Å². The standard InChI is InChI=1S/C16H19N5O/c1-4-21(10(3)22)8-13-19-14-11-6-5-9(2)7-12(11)18-16(17)15(14)20-13/h5-7H,4,8H2,1-3H3,(H2,17,18)(H,19,20). The number of nitrogens with two attached hydrogens (primary N) is 1. The molecule has 1 amide bonds. The molecule has 1 aromatic carbocycles. The second-order valence-electron chi connectivity index (χ2n) is 5.46. The highest BCUT2D eigenvalue weighted by Gasteiger charge is 2.14. The van der Waals surface area contributed by atoms with Gasteiger partial charge in [-0.3, -0.25) is 4.79 Å². The van der Waals surface area contributed by atoms with E-state index in [1.54, 1.807) is 11.8 Å². The average molecular weight is 297 g/mol. The number of aryl methyl sites for hydroxylation is 1. The third-order valence-corrected chi connectivity index (χ3v) is 3.83. The summed E-state index contributed by atoms with van der Waals surface area (Å²) in [5.74, 6) is 1.17. The Balaban J connectivity index is 2.14. The zero-order valence-electron chi connectivity index (χ0n) is 13.0. The Morgan fingerprint density at radius 2 is 2.14 bits per heavy atom. The van der Waals surface area contributed by atoms with E-state index in [-0.39, 0.29) is 5.91 Å². The van der Waals surface area contributed by atoms with Crippen LogP contribution in [0.1, 0.15) is 25.2 Å². The molecule has 0 aliphatic carbocycles. The molecule has 114 valence electrons. The molecule has 0 saturated heterocycles. The number of rotatable bonds is 3. The van der Waals surface area contributed by atoms with Crippen LogP contribution in [0.4, 0.5) is 5.82 Å². The summed E-state index contributed by atoms with van der Waals surface area (Å²) >= 11 is 0. The van der Waals surface area contributed by atoms with Crippen molar-refractivity contribution in [2.75, 3.05) is 12.3 Å². The maximum absolute atomic E-state index is 11.6. The Hall–Kier alpha value is -2.63. The molecule has 0 bridgehead atoms. The summed E-state index contributed by atoms with van der Waals surface area (Å²) in [6.45, 7) is 6.59. The largest absolute Gasteiger partial charge is 0.382 e. The fourth-order valence-corrected chi connectivity index (χ4v) is 2.62. The minimum absolute atomic E-state index is 0.0227. The van der Waals surface area contributed by atoms with Gasteiger partial charge in [-0.05, 0) is 25.5 Å². The molecule has 3 aromatic rings. The summed E-state index contributed by atoms with van der Waals surface area (Å²) in [5, 5.41) is 0.961. The molecule has 0 atom stereocenters. The van der Waals surface area contributed by atoms with E-state index in [1.165, 1.54) is 0 Å². The van der Waals surface area contributed by atoms with Crippen LogP contribution in [0.2, 0.25) is 0 Å². The Morgan fingerprint density at radius 1 is 1.36 bits per heavy atom. The first-order valence-corrected chi connectivity index (χ1v) is 7.29. The van der Waals surface area contributed by atoms with E-state index < -0.39 is 0 Å². The molecule has 22 heavy (non-hydrogen) atoms. The highest BCUT2D eigenvalue weighted by molar-refractivity contribution is 6.06. The van der Waals surface area contributed by atoms with Gasteiger partial charge in [0.2, 0.25) is 5.91 Å². The number of nitrogen functional groups attached to an aromatic ring is 1. The van der Waals surface area contributed by atoms with E-state index in [9.17, 15) is 4.79 Å². The van der Waals surface area contributed by atoms with E-state index in [1.807, 2.05) is 32.0 Å². The summed E-state index contributed by atoms with van der Waals surface area (Å²) < 4.78 is 0. The summed E-state index contributed by atoms with van der Waals surface area (Å²) in [5.41, 5.74) is 9.54. The molecule has 3 N–H and O–H groups in total. The van der Waals surface area contributed by atoms with Crippen molar-refractivity contribution >= 4 is 33.7 Å². The predicted octanol–water partition coefficient (Wildman–Crippen LogP) is 2.37. The van der Waals surface area contributed by atoms with Gasteiger partial charge in [-0.1, -0.05) is 12.1 Å². The van der Waals surface area contributed by atoms with Crippen LogP contribution in [-0.2, 0) is 11.3 Å². The van der Waals surface area contributed by atoms with Gasteiger partial charge in [-0.15, -0.1) is 0 Å². The Morgan fingerprint density at radius 3 is 2.82 bits per heavy atom. The number of amides is 1. The number of nitrogens with one attached hydrogen (secondary N) is 1. The molecule has 6 heteroatoms. The first-order chi connectivity index (χ1) is 10.5. The van der Waals surface area contributed by atoms with Crippen molar-refractivity contribution in [3.05, 3.63) is 29.6 Å². The van der Waals surface area contributed by atoms with Crippen molar-refractivity contribution in [2.45, 2.75) is 27.3 Å². The predicted molar refractivity (Wildman–Crippen MR) is 87.3 cm³/mol. The van der Waals surface area contributed by atoms with Gasteiger partial charge in [0.1, 0.15) is 22.7 Å². The number of benzene rings is 1. The van der Waals surface area contributed by atoms with Crippen LogP contribution in [0.5, 0.6) is 0 Å². The molecule has 2 aromatic heterocycles. The lowest BCUT2D eigenvalue weighted by Gasteiger charge is -2.16. The number of anilines is 1. The maximum Gasteiger partial charge on any atom is 0.219 e. The molecule has 0 fully saturated rings. The van der Waals surface area contributed by atoms with Gasteiger partial charge in [0.15, 0.2) is 0 Å². The Bertz CT molecular complexity index is 868. The summed E-state index contributed by atoms with van der Waals surface area (Å²) in [4.78, 5) is 25.5. The van der Waals surface area contributed by atoms with Crippen LogP contribution in [0.15, 0.2) is 18.2 Å². The number of carbonyl (C=O) groups is 1. The van der Waals surface area contributed by atoms with E-state index in [2.05, 4.69) is 15.0 Å². The number of aromatic amines is 1. The van der Waals surface area contributed by atoms with Gasteiger partial charge in [0.25, 0.3) is 0 Å². The lowest BCUT2D eigenvalue weighted by atomic mass is 10.1. The molecule has 3 rings (SSSR count). The molecule has 0 radical (unpaired) electrons. The first-order valence-electron chi connectivity index (χ1n) is 7.29. The zero-order valence-corrected chi connectivity index (χ0v) is 13.0. The second-order valence-corrected chi connectivity index (χ2v) is 5.46. The monoisotopic (exact) mass is 297 g/mol. The average Bonchev–Trinajstić information content (AvgIpc) is 2.88. The summed E-state index contributed by atoms with van der Waals surface area (Å²) in [6, 6.07) is 6.03. The van der Waals surface area contributed by atoms with Crippen molar-refractivity contribution in [1.29, 1.82) is 0 Å². The van der Waals surface area contributed by atoms with E-state index in [0.717, 1.165) is 27.5 Å². The van der Waals surface area contributed by atoms with Crippen LogP contribution in [0.3, 0.4) is 0 Å². The number of hydrogen-bond acceptors (Lipinski definition) is 4. The first kappa shape index (κ1) is 14.3. The van der Waals surface area contributed by atoms with E-state index in [0.29, 0.717) is 24.7 Å². The fraction of sp³-hybridized carbons (Fsp3) is 0.312. The normalized spacial score (nSPS) is 11.2. The smallest absolute Gasteiger partial charge is 0.219 e. The van der Waals surface area contributed by atoms with Crippen LogP contribution in [-0.4, -0.2) is 32.3 Å². The molecule has 2 heterocycles. The number of aromatic nitrogens is 3. The van der Waals surface area contributed by atoms with Gasteiger partial charge in [-0.2, -0.15) is 0 Å². The Labute approximate surface area is 128 Å². The highest BCUT2D eigenvalue weighted by atomic mass is 16.2. The number of imidazole rings is 1. The Kier molecular flexibility index (Phi) is 3.44. The van der Waals surface area contributed by atoms with Crippen LogP contribution >= 0.6 is 0 Å². The van der Waals surface area contributed by atoms with E-state index >= 15 is 0 Å². The molecule has 0 spiro atoms. The maximum atomic E-state index is 11.6. The van der Waals surface area contributed by atoms with Crippen LogP contribution < -0.4 is 5.73 Å². The van der Waals surface area contributed by atoms with Crippen molar-refractivity contribution in [1.82, 2.24) is 19.9 Å². The molecule has 0 aliphatic rings. The highest BCUT2D eigenvalue weighted by Crippen LogP contribution is 2.27. The number of pyridine rings is 1. The van der Waals surface area contributed by atoms with Crippen molar-refractivity contribution in [3.8, 4) is 0 Å². The molecule has 0 unspecified atom stereocenters. The molecule has 0 saturated carbocycles. The lowest BCUT2D eigenvalue weighted by Crippen LogP contribution is -2.28. The zero-order chi connectivity index (χ0) is 15.9. The van der Waals surface area contributed by atoms with E-state index in [4.69, 9.17) is 5.73 Å². The second kappa shape index (κ2) is 5.29. The topological polar surface area (TPSA) is 87.9 Å². The summed E-state index contributed by atoms with van der Waals surface area (Å²) in [7, 11) is 0. The number of fused-ring (bicyclic) bond motifs is 3. The molecular weight excluding hydrogens is 278 g/mol. The molecule has 0 aliphatic heterocycles. The number of H-pyrrole nitrogens is 1. The third kappa shape index (κ3) is 2.36. The number of hydrogen-bond donors (Lipinski definition) is 2. The third-order valence-electron chi connectivity index (χ3n) is 3.83. The number of nitrogens with zero attached hydrogens (tertiary/aromatic N) is 3. The van der Waals surface area contributed by atoms with Crippen molar-refractivity contribution in [3.63, 3.8) is 0 Å². The van der Waals surface area contributed by atoms with Crippen LogP contribution in [0, 0.1) is 6.92 Å². The van der Waals surface area contributed by atoms with Gasteiger partial charge >= 0.3 is 0 Å². The van der Waals surface area contributed by atoms with Crippen LogP contribution in [0.25, 0.3) is 21.9 Å². The van der Waals surface area contributed by atoms with Crippen molar-refractivity contribution < 1.29 is 4.79 Å². The van der Waals surface area contributed by atoms with Gasteiger partial charge in [0.05, 0.1) is 12.1 Å². The fourth-order valence-electron chi connectivity index (χ4n) is 2.62. The van der Waals surface area contributed by atoms with Gasteiger partial charge < -0.3 is 15.6 Å². The molecule has 6 nitrogen and oxygen atoms in total. The van der Waals surface area contributed by atoms with Gasteiger partial charge in [-0.25, -0.2) is 9.97 Å². The minimum atomic E-state index is 0.0227. The molecular formula is C16H19N5O. The summed E-state index contributed by atoms with van der Waals surface area (Å²) in [6.07, 6.45) is 0. The SMILES string of the molecule is CCN(Cc1nc2c([nH]1)c(N)nc1cc(C)ccc12)C(C)=O. The quantitative estimate of drug-likeness (QED) is 0.777. The minimum Gasteiger partial charge on any atom is -0.382 e. The van der Waals surface area contributed by atoms with Crippen molar-refractivity contribution in [2.24, 2.45) is 0 Å². The lowest BCUT2D eigenvalue weighted by molar-refractivity contribution is -0.129.